The molecule has 2 rings (SSSR count). The molecule has 0 atom stereocenters. The molecule has 0 spiro atoms. The van der Waals surface area contributed by atoms with Gasteiger partial charge >= 0.3 is 0 Å². The Morgan fingerprint density at radius 1 is 1.47 bits per heavy atom. The summed E-state index contributed by atoms with van der Waals surface area (Å²) in [6, 6.07) is 0.560. The summed E-state index contributed by atoms with van der Waals surface area (Å²) in [6.07, 6.45) is 6.26. The highest BCUT2D eigenvalue weighted by Crippen LogP contribution is 2.22. The van der Waals surface area contributed by atoms with Gasteiger partial charge in [-0.15, -0.1) is 0 Å². The predicted octanol–water partition coefficient (Wildman–Crippen LogP) is 1.24. The lowest BCUT2D eigenvalue weighted by molar-refractivity contribution is 0.184. The summed E-state index contributed by atoms with van der Waals surface area (Å²) in [5.41, 5.74) is 5.54. The lowest BCUT2D eigenvalue weighted by Gasteiger charge is -2.31. The SMILES string of the molecule is NCCN1CCC(n2cc(Br)cn2)CC1. The molecule has 15 heavy (non-hydrogen) atoms. The molecule has 4 nitrogen and oxygen atoms in total. The van der Waals surface area contributed by atoms with Crippen molar-refractivity contribution in [1.82, 2.24) is 14.7 Å². The summed E-state index contributed by atoms with van der Waals surface area (Å²) in [7, 11) is 0. The Hall–Kier alpha value is -0.390. The summed E-state index contributed by atoms with van der Waals surface area (Å²) < 4.78 is 3.14. The molecule has 1 aliphatic heterocycles. The Morgan fingerprint density at radius 3 is 2.73 bits per heavy atom. The molecule has 2 heterocycles. The van der Waals surface area contributed by atoms with Gasteiger partial charge in [0.15, 0.2) is 0 Å². The van der Waals surface area contributed by atoms with E-state index in [4.69, 9.17) is 5.73 Å². The zero-order valence-electron chi connectivity index (χ0n) is 8.77. The Bertz CT molecular complexity index is 304. The number of hydrogen-bond acceptors (Lipinski definition) is 3. The van der Waals surface area contributed by atoms with Gasteiger partial charge in [-0.05, 0) is 28.8 Å². The third kappa shape index (κ3) is 2.80. The van der Waals surface area contributed by atoms with Crippen molar-refractivity contribution in [3.05, 3.63) is 16.9 Å². The van der Waals surface area contributed by atoms with Gasteiger partial charge in [-0.2, -0.15) is 5.10 Å². The van der Waals surface area contributed by atoms with Crippen molar-refractivity contribution in [2.45, 2.75) is 18.9 Å². The molecule has 0 radical (unpaired) electrons. The van der Waals surface area contributed by atoms with Crippen LogP contribution in [0.1, 0.15) is 18.9 Å². The van der Waals surface area contributed by atoms with Crippen molar-refractivity contribution >= 4 is 15.9 Å². The van der Waals surface area contributed by atoms with Crippen molar-refractivity contribution in [1.29, 1.82) is 0 Å². The van der Waals surface area contributed by atoms with Crippen molar-refractivity contribution in [2.24, 2.45) is 5.73 Å². The van der Waals surface area contributed by atoms with E-state index in [1.165, 1.54) is 12.8 Å². The average molecular weight is 273 g/mol. The van der Waals surface area contributed by atoms with Crippen molar-refractivity contribution in [2.75, 3.05) is 26.2 Å². The highest BCUT2D eigenvalue weighted by Gasteiger charge is 2.20. The summed E-state index contributed by atoms with van der Waals surface area (Å²) in [5.74, 6) is 0. The molecular formula is C10H17BrN4. The molecule has 0 aliphatic carbocycles. The Morgan fingerprint density at radius 2 is 2.20 bits per heavy atom. The van der Waals surface area contributed by atoms with Crippen LogP contribution >= 0.6 is 15.9 Å². The zero-order valence-corrected chi connectivity index (χ0v) is 10.4. The van der Waals surface area contributed by atoms with Gasteiger partial charge in [0.1, 0.15) is 0 Å². The van der Waals surface area contributed by atoms with Crippen molar-refractivity contribution in [3.63, 3.8) is 0 Å². The van der Waals surface area contributed by atoms with E-state index in [1.807, 2.05) is 6.20 Å². The van der Waals surface area contributed by atoms with Gasteiger partial charge in [-0.3, -0.25) is 4.68 Å². The molecule has 0 bridgehead atoms. The van der Waals surface area contributed by atoms with Crippen LogP contribution in [0.2, 0.25) is 0 Å². The molecule has 5 heteroatoms. The summed E-state index contributed by atoms with van der Waals surface area (Å²) >= 11 is 3.43. The molecule has 0 saturated carbocycles. The number of piperidine rings is 1. The molecular weight excluding hydrogens is 256 g/mol. The van der Waals surface area contributed by atoms with E-state index in [0.29, 0.717) is 6.04 Å². The quantitative estimate of drug-likeness (QED) is 0.901. The van der Waals surface area contributed by atoms with Crippen LogP contribution in [0.25, 0.3) is 0 Å². The Kier molecular flexibility index (Phi) is 3.77. The second kappa shape index (κ2) is 5.09. The van der Waals surface area contributed by atoms with Crippen molar-refractivity contribution in [3.8, 4) is 0 Å². The van der Waals surface area contributed by atoms with E-state index in [9.17, 15) is 0 Å². The second-order valence-electron chi connectivity index (χ2n) is 4.00. The highest BCUT2D eigenvalue weighted by atomic mass is 79.9. The Balaban J connectivity index is 1.88. The van der Waals surface area contributed by atoms with Crippen LogP contribution < -0.4 is 5.73 Å². The number of rotatable bonds is 3. The summed E-state index contributed by atoms with van der Waals surface area (Å²) in [6.45, 7) is 4.06. The van der Waals surface area contributed by atoms with Crippen LogP contribution in [0, 0.1) is 0 Å². The van der Waals surface area contributed by atoms with Gasteiger partial charge in [0.25, 0.3) is 0 Å². The highest BCUT2D eigenvalue weighted by molar-refractivity contribution is 9.10. The van der Waals surface area contributed by atoms with Crippen LogP contribution in [0.3, 0.4) is 0 Å². The fourth-order valence-electron chi connectivity index (χ4n) is 2.10. The molecule has 2 N–H and O–H groups in total. The van der Waals surface area contributed by atoms with Gasteiger partial charge in [0.2, 0.25) is 0 Å². The van der Waals surface area contributed by atoms with Crippen LogP contribution in [0.15, 0.2) is 16.9 Å². The fraction of sp³-hybridized carbons (Fsp3) is 0.700. The lowest BCUT2D eigenvalue weighted by Crippen LogP contribution is -2.37. The largest absolute Gasteiger partial charge is 0.329 e. The number of nitrogens with two attached hydrogens (primary N) is 1. The first kappa shape index (κ1) is 11.1. The first-order chi connectivity index (χ1) is 7.29. The minimum Gasteiger partial charge on any atom is -0.329 e. The molecule has 1 aromatic heterocycles. The van der Waals surface area contributed by atoms with Gasteiger partial charge in [0.05, 0.1) is 16.7 Å². The monoisotopic (exact) mass is 272 g/mol. The molecule has 0 unspecified atom stereocenters. The van der Waals surface area contributed by atoms with Gasteiger partial charge in [-0.1, -0.05) is 0 Å². The molecule has 0 amide bonds. The zero-order chi connectivity index (χ0) is 10.7. The maximum atomic E-state index is 5.54. The van der Waals surface area contributed by atoms with Gasteiger partial charge < -0.3 is 10.6 Å². The maximum absolute atomic E-state index is 5.54. The fourth-order valence-corrected chi connectivity index (χ4v) is 2.41. The van der Waals surface area contributed by atoms with E-state index in [1.54, 1.807) is 0 Å². The minimum absolute atomic E-state index is 0.560. The van der Waals surface area contributed by atoms with Crippen LogP contribution in [-0.4, -0.2) is 40.9 Å². The number of likely N-dealkylation sites (tertiary alicyclic amines) is 1. The van der Waals surface area contributed by atoms with Crippen molar-refractivity contribution < 1.29 is 0 Å². The van der Waals surface area contributed by atoms with Crippen LogP contribution in [-0.2, 0) is 0 Å². The molecule has 0 aromatic carbocycles. The first-order valence-electron chi connectivity index (χ1n) is 5.41. The third-order valence-electron chi connectivity index (χ3n) is 2.95. The number of halogens is 1. The van der Waals surface area contributed by atoms with E-state index in [2.05, 4.69) is 36.8 Å². The molecule has 84 valence electrons. The van der Waals surface area contributed by atoms with E-state index in [0.717, 1.165) is 30.7 Å². The Labute approximate surface area is 98.6 Å². The molecule has 1 saturated heterocycles. The van der Waals surface area contributed by atoms with E-state index >= 15 is 0 Å². The topological polar surface area (TPSA) is 47.1 Å². The smallest absolute Gasteiger partial charge is 0.0632 e. The van der Waals surface area contributed by atoms with E-state index in [-0.39, 0.29) is 0 Å². The summed E-state index contributed by atoms with van der Waals surface area (Å²) in [5, 5.41) is 4.34. The standard InChI is InChI=1S/C10H17BrN4/c11-9-7-13-15(8-9)10-1-4-14(5-2-10)6-3-12/h7-8,10H,1-6,12H2. The summed E-state index contributed by atoms with van der Waals surface area (Å²) in [4.78, 5) is 2.43. The molecule has 1 aromatic rings. The first-order valence-corrected chi connectivity index (χ1v) is 6.21. The minimum atomic E-state index is 0.560. The third-order valence-corrected chi connectivity index (χ3v) is 3.36. The van der Waals surface area contributed by atoms with Gasteiger partial charge in [0, 0.05) is 32.4 Å². The number of nitrogens with zero attached hydrogens (tertiary/aromatic N) is 3. The van der Waals surface area contributed by atoms with Crippen LogP contribution in [0.4, 0.5) is 0 Å². The number of aromatic nitrogens is 2. The average Bonchev–Trinajstić information content (AvgIpc) is 2.67. The second-order valence-corrected chi connectivity index (χ2v) is 4.92. The molecule has 1 fully saturated rings. The number of hydrogen-bond donors (Lipinski definition) is 1. The van der Waals surface area contributed by atoms with Gasteiger partial charge in [-0.25, -0.2) is 0 Å². The van der Waals surface area contributed by atoms with E-state index < -0.39 is 0 Å². The maximum Gasteiger partial charge on any atom is 0.0632 e. The van der Waals surface area contributed by atoms with Crippen LogP contribution in [0.5, 0.6) is 0 Å². The predicted molar refractivity (Wildman–Crippen MR) is 63.7 cm³/mol. The molecule has 1 aliphatic rings. The normalized spacial score (nSPS) is 19.6. The lowest BCUT2D eigenvalue weighted by atomic mass is 10.1.